The Morgan fingerprint density at radius 3 is 2.24 bits per heavy atom. The smallest absolute Gasteiger partial charge is 0.306 e. The van der Waals surface area contributed by atoms with Gasteiger partial charge in [-0.05, 0) is 32.0 Å². The van der Waals surface area contributed by atoms with Crippen molar-refractivity contribution < 1.29 is 4.92 Å². The highest BCUT2D eigenvalue weighted by Gasteiger charge is 2.11. The molecule has 0 fully saturated rings. The SMILES string of the molecule is CNc1nc(C)ccc1N.Cc1ccc([N+](=O)[O-])c(Cl)n1. The number of nitrogens with one attached hydrogen (secondary N) is 1. The topological polar surface area (TPSA) is 107 Å². The molecular weight excluding hydrogens is 294 g/mol. The van der Waals surface area contributed by atoms with Crippen molar-refractivity contribution in [2.24, 2.45) is 0 Å². The Balaban J connectivity index is 0.000000211. The number of aryl methyl sites for hydroxylation is 2. The number of halogens is 1. The van der Waals surface area contributed by atoms with Crippen molar-refractivity contribution >= 4 is 28.8 Å². The normalized spacial score (nSPS) is 9.52. The van der Waals surface area contributed by atoms with E-state index < -0.39 is 4.92 Å². The van der Waals surface area contributed by atoms with E-state index in [2.05, 4.69) is 15.3 Å². The second-order valence-electron chi connectivity index (χ2n) is 4.16. The Morgan fingerprint density at radius 2 is 1.76 bits per heavy atom. The predicted molar refractivity (Wildman–Crippen MR) is 83.6 cm³/mol. The molecule has 0 aromatic carbocycles. The average molecular weight is 310 g/mol. The van der Waals surface area contributed by atoms with E-state index >= 15 is 0 Å². The molecule has 0 saturated heterocycles. The van der Waals surface area contributed by atoms with E-state index in [0.717, 1.165) is 11.5 Å². The summed E-state index contributed by atoms with van der Waals surface area (Å²) in [6.07, 6.45) is 0. The molecule has 112 valence electrons. The molecule has 0 radical (unpaired) electrons. The van der Waals surface area contributed by atoms with Gasteiger partial charge in [-0.25, -0.2) is 9.97 Å². The van der Waals surface area contributed by atoms with E-state index in [1.807, 2.05) is 19.1 Å². The number of pyridine rings is 2. The predicted octanol–water partition coefficient (Wildman–Crippen LogP) is 2.97. The van der Waals surface area contributed by atoms with Crippen LogP contribution in [-0.4, -0.2) is 21.9 Å². The molecule has 0 unspecified atom stereocenters. The fraction of sp³-hybridized carbons (Fsp3) is 0.231. The third kappa shape index (κ3) is 4.88. The van der Waals surface area contributed by atoms with E-state index in [1.165, 1.54) is 6.07 Å². The van der Waals surface area contributed by atoms with Crippen molar-refractivity contribution in [3.63, 3.8) is 0 Å². The van der Waals surface area contributed by atoms with Crippen LogP contribution in [0.5, 0.6) is 0 Å². The van der Waals surface area contributed by atoms with Gasteiger partial charge in [-0.3, -0.25) is 10.1 Å². The van der Waals surface area contributed by atoms with Crippen LogP contribution >= 0.6 is 11.6 Å². The zero-order valence-corrected chi connectivity index (χ0v) is 12.7. The third-order valence-electron chi connectivity index (χ3n) is 2.47. The first kappa shape index (κ1) is 16.6. The fourth-order valence-corrected chi connectivity index (χ4v) is 1.69. The highest BCUT2D eigenvalue weighted by Crippen LogP contribution is 2.20. The summed E-state index contributed by atoms with van der Waals surface area (Å²) in [5.74, 6) is 0.750. The van der Waals surface area contributed by atoms with Crippen LogP contribution in [0, 0.1) is 24.0 Å². The first-order valence-corrected chi connectivity index (χ1v) is 6.41. The van der Waals surface area contributed by atoms with Gasteiger partial charge in [0.05, 0.1) is 10.6 Å². The molecule has 0 amide bonds. The molecule has 0 spiro atoms. The zero-order chi connectivity index (χ0) is 16.0. The number of hydrogen-bond acceptors (Lipinski definition) is 6. The summed E-state index contributed by atoms with van der Waals surface area (Å²) in [6, 6.07) is 6.61. The second-order valence-corrected chi connectivity index (χ2v) is 4.52. The number of nitrogen functional groups attached to an aromatic ring is 1. The van der Waals surface area contributed by atoms with Gasteiger partial charge in [-0.15, -0.1) is 0 Å². The lowest BCUT2D eigenvalue weighted by Crippen LogP contribution is -1.99. The molecule has 2 aromatic rings. The molecule has 0 saturated carbocycles. The van der Waals surface area contributed by atoms with Crippen molar-refractivity contribution in [3.8, 4) is 0 Å². The zero-order valence-electron chi connectivity index (χ0n) is 11.9. The summed E-state index contributed by atoms with van der Waals surface area (Å²) in [5.41, 5.74) is 7.75. The molecule has 21 heavy (non-hydrogen) atoms. The van der Waals surface area contributed by atoms with E-state index in [4.69, 9.17) is 17.3 Å². The van der Waals surface area contributed by atoms with E-state index in [1.54, 1.807) is 20.0 Å². The average Bonchev–Trinajstić information content (AvgIpc) is 2.41. The number of rotatable bonds is 2. The van der Waals surface area contributed by atoms with Crippen LogP contribution in [0.3, 0.4) is 0 Å². The molecule has 0 bridgehead atoms. The lowest BCUT2D eigenvalue weighted by Gasteiger charge is -2.02. The van der Waals surface area contributed by atoms with Gasteiger partial charge >= 0.3 is 5.69 Å². The van der Waals surface area contributed by atoms with Crippen molar-refractivity contribution in [1.82, 2.24) is 9.97 Å². The van der Waals surface area contributed by atoms with E-state index in [-0.39, 0.29) is 10.8 Å². The minimum atomic E-state index is -0.561. The van der Waals surface area contributed by atoms with Crippen LogP contribution in [0.15, 0.2) is 24.3 Å². The van der Waals surface area contributed by atoms with Crippen LogP contribution in [0.2, 0.25) is 5.15 Å². The lowest BCUT2D eigenvalue weighted by atomic mass is 10.3. The summed E-state index contributed by atoms with van der Waals surface area (Å²) in [5, 5.41) is 13.1. The van der Waals surface area contributed by atoms with E-state index in [9.17, 15) is 10.1 Å². The molecule has 0 aliphatic rings. The molecule has 0 aliphatic carbocycles. The molecule has 0 atom stereocenters. The molecule has 7 nitrogen and oxygen atoms in total. The number of anilines is 2. The minimum absolute atomic E-state index is 0.0602. The monoisotopic (exact) mass is 309 g/mol. The number of hydrogen-bond donors (Lipinski definition) is 2. The largest absolute Gasteiger partial charge is 0.396 e. The maximum absolute atomic E-state index is 10.2. The summed E-state index contributed by atoms with van der Waals surface area (Å²) < 4.78 is 0. The Kier molecular flexibility index (Phi) is 5.86. The lowest BCUT2D eigenvalue weighted by molar-refractivity contribution is -0.385. The first-order valence-electron chi connectivity index (χ1n) is 6.03. The Bertz CT molecular complexity index is 648. The van der Waals surface area contributed by atoms with Crippen LogP contribution in [-0.2, 0) is 0 Å². The summed E-state index contributed by atoms with van der Waals surface area (Å²) in [6.45, 7) is 3.65. The maximum atomic E-state index is 10.2. The van der Waals surface area contributed by atoms with Gasteiger partial charge < -0.3 is 11.1 Å². The first-order chi connectivity index (χ1) is 9.85. The molecule has 3 N–H and O–H groups in total. The highest BCUT2D eigenvalue weighted by atomic mass is 35.5. The molecule has 0 aliphatic heterocycles. The van der Waals surface area contributed by atoms with Crippen LogP contribution in [0.25, 0.3) is 0 Å². The highest BCUT2D eigenvalue weighted by molar-refractivity contribution is 6.31. The molecule has 2 rings (SSSR count). The number of nitrogens with two attached hydrogens (primary N) is 1. The summed E-state index contributed by atoms with van der Waals surface area (Å²) in [4.78, 5) is 17.5. The molecular formula is C13H16ClN5O2. The molecule has 2 heterocycles. The number of nitrogens with zero attached hydrogens (tertiary/aromatic N) is 3. The Morgan fingerprint density at radius 1 is 1.19 bits per heavy atom. The quantitative estimate of drug-likeness (QED) is 0.501. The molecule has 8 heteroatoms. The van der Waals surface area contributed by atoms with Gasteiger partial charge in [0.15, 0.2) is 0 Å². The Hall–Kier alpha value is -2.41. The third-order valence-corrected chi connectivity index (χ3v) is 2.75. The van der Waals surface area contributed by atoms with Gasteiger partial charge in [0.2, 0.25) is 5.15 Å². The van der Waals surface area contributed by atoms with Crippen LogP contribution in [0.1, 0.15) is 11.4 Å². The number of aromatic nitrogens is 2. The van der Waals surface area contributed by atoms with Crippen LogP contribution in [0.4, 0.5) is 17.2 Å². The van der Waals surface area contributed by atoms with Crippen molar-refractivity contribution in [2.45, 2.75) is 13.8 Å². The van der Waals surface area contributed by atoms with Gasteiger partial charge in [0.25, 0.3) is 0 Å². The van der Waals surface area contributed by atoms with Gasteiger partial charge in [-0.2, -0.15) is 0 Å². The van der Waals surface area contributed by atoms with Gasteiger partial charge in [-0.1, -0.05) is 11.6 Å². The second kappa shape index (κ2) is 7.39. The minimum Gasteiger partial charge on any atom is -0.396 e. The van der Waals surface area contributed by atoms with Crippen molar-refractivity contribution in [3.05, 3.63) is 50.9 Å². The van der Waals surface area contributed by atoms with Crippen molar-refractivity contribution in [1.29, 1.82) is 0 Å². The fourth-order valence-electron chi connectivity index (χ4n) is 1.42. The summed E-state index contributed by atoms with van der Waals surface area (Å²) in [7, 11) is 1.80. The van der Waals surface area contributed by atoms with Gasteiger partial charge in [0.1, 0.15) is 5.82 Å². The van der Waals surface area contributed by atoms with Gasteiger partial charge in [0, 0.05) is 24.5 Å². The van der Waals surface area contributed by atoms with E-state index in [0.29, 0.717) is 11.4 Å². The maximum Gasteiger partial charge on any atom is 0.306 e. The number of nitro groups is 1. The molecule has 2 aromatic heterocycles. The van der Waals surface area contributed by atoms with Crippen molar-refractivity contribution in [2.75, 3.05) is 18.1 Å². The van der Waals surface area contributed by atoms with Crippen LogP contribution < -0.4 is 11.1 Å². The Labute approximate surface area is 127 Å². The summed E-state index contributed by atoms with van der Waals surface area (Å²) >= 11 is 5.47. The standard InChI is InChI=1S/C7H11N3.C6H5ClN2O2/c1-5-3-4-6(8)7(9-2)10-5;1-4-2-3-5(9(10)11)6(7)8-4/h3-4H,8H2,1-2H3,(H,9,10);2-3H,1H3.